The smallest absolute Gasteiger partial charge is 0.455 e. The van der Waals surface area contributed by atoms with E-state index in [-0.39, 0.29) is 54.6 Å². The quantitative estimate of drug-likeness (QED) is 0.152. The first-order valence-corrected chi connectivity index (χ1v) is 15.1. The Balaban J connectivity index is 0.00000480. The maximum Gasteiger partial charge on any atom is 0.455 e. The van der Waals surface area contributed by atoms with Gasteiger partial charge < -0.3 is 33.8 Å². The number of aryl methyl sites for hydroxylation is 1. The Kier molecular flexibility index (Phi) is 11.1. The Labute approximate surface area is 285 Å². The number of likely N-dealkylation sites (tertiary alicyclic amines) is 1. The lowest BCUT2D eigenvalue weighted by atomic mass is 9.82. The Morgan fingerprint density at radius 2 is 2.00 bits per heavy atom. The minimum Gasteiger partial charge on any atom is -1.00 e. The Hall–Kier alpha value is -4.01. The van der Waals surface area contributed by atoms with Crippen LogP contribution in [0.25, 0.3) is 11.3 Å². The standard InChI is InChI=1S/C31H31F2N6O5S.HI/c1-19(29-35-28(16-45-29)23-8-6-22(14-34)7-9-23)31(42,26-13-24(32)10-11-27(26)33)17-37-18-39(20(2)36-37)44-30(41)38-12-4-5-25(38)15-43-21(3)40;/h6-11,13,16,18-19,25,42H,4-5,12,15,17H2,1-3H3;1H/q+1;/p-1/t19-,25-,31+;/m0./s1. The molecule has 1 amide bonds. The van der Waals surface area contributed by atoms with Gasteiger partial charge in [0.2, 0.25) is 0 Å². The molecular formula is C31H31F2IN6O5S. The predicted octanol–water partition coefficient (Wildman–Crippen LogP) is 1.02. The van der Waals surface area contributed by atoms with Crippen molar-refractivity contribution in [1.82, 2.24) is 19.7 Å². The summed E-state index contributed by atoms with van der Waals surface area (Å²) >= 11 is 1.25. The van der Waals surface area contributed by atoms with Crippen molar-refractivity contribution in [3.63, 3.8) is 0 Å². The third-order valence-electron chi connectivity index (χ3n) is 7.81. The molecule has 0 spiro atoms. The number of benzene rings is 2. The molecule has 1 aliphatic rings. The van der Waals surface area contributed by atoms with Gasteiger partial charge in [0.25, 0.3) is 5.82 Å². The highest BCUT2D eigenvalue weighted by molar-refractivity contribution is 7.10. The summed E-state index contributed by atoms with van der Waals surface area (Å²) < 4.78 is 37.2. The van der Waals surface area contributed by atoms with Gasteiger partial charge in [-0.05, 0) is 53.0 Å². The fourth-order valence-corrected chi connectivity index (χ4v) is 6.27. The van der Waals surface area contributed by atoms with Crippen molar-refractivity contribution in [2.45, 2.75) is 57.7 Å². The highest BCUT2D eigenvalue weighted by atomic mass is 127. The monoisotopic (exact) mass is 764 g/mol. The molecule has 0 aliphatic carbocycles. The number of hydrogen-bond donors (Lipinski definition) is 1. The molecule has 2 aromatic carbocycles. The molecule has 1 N–H and O–H groups in total. The Morgan fingerprint density at radius 3 is 2.70 bits per heavy atom. The van der Waals surface area contributed by atoms with E-state index in [1.54, 1.807) is 43.5 Å². The molecule has 4 aromatic rings. The van der Waals surface area contributed by atoms with E-state index in [9.17, 15) is 19.1 Å². The number of hydrogen-bond acceptors (Lipinski definition) is 9. The van der Waals surface area contributed by atoms with Crippen LogP contribution in [0.5, 0.6) is 0 Å². The third-order valence-corrected chi connectivity index (χ3v) is 8.84. The average Bonchev–Trinajstić information content (AvgIpc) is 3.77. The van der Waals surface area contributed by atoms with Crippen LogP contribution < -0.4 is 33.5 Å². The summed E-state index contributed by atoms with van der Waals surface area (Å²) in [6.07, 6.45) is 2.04. The van der Waals surface area contributed by atoms with Crippen molar-refractivity contribution in [3.8, 4) is 17.3 Å². The lowest BCUT2D eigenvalue weighted by Crippen LogP contribution is -3.00. The largest absolute Gasteiger partial charge is 1.00 e. The second-order valence-corrected chi connectivity index (χ2v) is 11.8. The highest BCUT2D eigenvalue weighted by Gasteiger charge is 2.44. The number of esters is 1. The fraction of sp³-hybridized carbons (Fsp3) is 0.355. The molecule has 242 valence electrons. The summed E-state index contributed by atoms with van der Waals surface area (Å²) in [4.78, 5) is 36.0. The number of rotatable bonds is 9. The van der Waals surface area contributed by atoms with Gasteiger partial charge in [-0.3, -0.25) is 9.69 Å². The number of nitriles is 1. The SMILES string of the molecule is CC(=O)OC[C@@H]1CCCN1C(=O)On1c[n+](C[C@](O)(c2cc(F)ccc2F)[C@@H](C)c2nc(-c3ccc(C#N)cc3)cs2)nc1C.[I-]. The van der Waals surface area contributed by atoms with Crippen LogP contribution in [0.1, 0.15) is 54.6 Å². The number of amides is 1. The highest BCUT2D eigenvalue weighted by Crippen LogP contribution is 2.41. The second kappa shape index (κ2) is 14.6. The molecule has 11 nitrogen and oxygen atoms in total. The molecular weight excluding hydrogens is 733 g/mol. The number of aromatic nitrogens is 4. The molecule has 1 saturated heterocycles. The molecule has 0 unspecified atom stereocenters. The third kappa shape index (κ3) is 7.51. The van der Waals surface area contributed by atoms with E-state index in [1.807, 2.05) is 0 Å². The fourth-order valence-electron chi connectivity index (χ4n) is 5.30. The molecule has 0 saturated carbocycles. The minimum absolute atomic E-state index is 0. The van der Waals surface area contributed by atoms with Crippen molar-refractivity contribution in [1.29, 1.82) is 5.26 Å². The van der Waals surface area contributed by atoms with E-state index >= 15 is 4.39 Å². The second-order valence-electron chi connectivity index (χ2n) is 10.9. The first-order chi connectivity index (χ1) is 21.5. The van der Waals surface area contributed by atoms with Crippen molar-refractivity contribution >= 4 is 23.4 Å². The van der Waals surface area contributed by atoms with E-state index in [4.69, 9.17) is 14.8 Å². The Bertz CT molecular complexity index is 1760. The van der Waals surface area contributed by atoms with Gasteiger partial charge in [-0.25, -0.2) is 23.4 Å². The summed E-state index contributed by atoms with van der Waals surface area (Å²) in [5.41, 5.74) is -0.480. The molecule has 3 atom stereocenters. The Morgan fingerprint density at radius 1 is 1.26 bits per heavy atom. The predicted molar refractivity (Wildman–Crippen MR) is 156 cm³/mol. The van der Waals surface area contributed by atoms with E-state index < -0.39 is 35.2 Å². The molecule has 15 heteroatoms. The number of ether oxygens (including phenoxy) is 1. The van der Waals surface area contributed by atoms with Crippen molar-refractivity contribution in [2.75, 3.05) is 13.2 Å². The number of carbonyl (C=O) groups excluding carboxylic acids is 2. The van der Waals surface area contributed by atoms with E-state index in [0.717, 1.165) is 34.9 Å². The average molecular weight is 765 g/mol. The summed E-state index contributed by atoms with van der Waals surface area (Å²) in [6.45, 7) is 4.68. The van der Waals surface area contributed by atoms with Gasteiger partial charge in [-0.15, -0.1) is 16.0 Å². The van der Waals surface area contributed by atoms with Crippen LogP contribution in [0.4, 0.5) is 13.6 Å². The lowest BCUT2D eigenvalue weighted by Gasteiger charge is -2.31. The van der Waals surface area contributed by atoms with E-state index in [1.165, 1.54) is 34.2 Å². The zero-order valence-corrected chi connectivity index (χ0v) is 28.2. The van der Waals surface area contributed by atoms with Gasteiger partial charge in [0.15, 0.2) is 0 Å². The van der Waals surface area contributed by atoms with Crippen LogP contribution in [0.2, 0.25) is 0 Å². The van der Waals surface area contributed by atoms with Crippen LogP contribution in [0.15, 0.2) is 54.2 Å². The maximum atomic E-state index is 15.3. The van der Waals surface area contributed by atoms with Gasteiger partial charge in [0, 0.05) is 42.8 Å². The number of thiazole rings is 1. The number of carbonyl (C=O) groups is 2. The lowest BCUT2D eigenvalue weighted by molar-refractivity contribution is -0.766. The molecule has 1 aliphatic heterocycles. The first-order valence-electron chi connectivity index (χ1n) is 14.2. The topological polar surface area (TPSA) is 134 Å². The van der Waals surface area contributed by atoms with Gasteiger partial charge in [-0.2, -0.15) is 5.26 Å². The van der Waals surface area contributed by atoms with Crippen LogP contribution in [-0.2, 0) is 21.7 Å². The van der Waals surface area contributed by atoms with E-state index in [2.05, 4.69) is 16.2 Å². The van der Waals surface area contributed by atoms with Gasteiger partial charge in [0.1, 0.15) is 30.4 Å². The van der Waals surface area contributed by atoms with E-state index in [0.29, 0.717) is 29.2 Å². The molecule has 46 heavy (non-hydrogen) atoms. The van der Waals surface area contributed by atoms with Crippen molar-refractivity contribution < 1.29 is 61.7 Å². The van der Waals surface area contributed by atoms with Crippen LogP contribution in [0, 0.1) is 29.9 Å². The van der Waals surface area contributed by atoms with Gasteiger partial charge in [-0.1, -0.05) is 19.1 Å². The van der Waals surface area contributed by atoms with Crippen molar-refractivity contribution in [2.24, 2.45) is 0 Å². The van der Waals surface area contributed by atoms with Crippen LogP contribution in [0.3, 0.4) is 0 Å². The summed E-state index contributed by atoms with van der Waals surface area (Å²) in [6, 6.07) is 11.5. The minimum atomic E-state index is -2.05. The maximum absolute atomic E-state index is 15.3. The molecule has 3 heterocycles. The summed E-state index contributed by atoms with van der Waals surface area (Å²) in [7, 11) is 0. The first kappa shape index (κ1) is 34.9. The van der Waals surface area contributed by atoms with Crippen LogP contribution in [-0.4, -0.2) is 56.1 Å². The van der Waals surface area contributed by atoms with Gasteiger partial charge >= 0.3 is 18.4 Å². The van der Waals surface area contributed by atoms with Crippen molar-refractivity contribution in [3.05, 3.63) is 87.8 Å². The zero-order chi connectivity index (χ0) is 32.3. The molecule has 0 radical (unpaired) electrons. The molecule has 0 bridgehead atoms. The normalized spacial score (nSPS) is 16.2. The van der Waals surface area contributed by atoms with Gasteiger partial charge in [0.05, 0.1) is 28.4 Å². The number of nitrogens with zero attached hydrogens (tertiary/aromatic N) is 6. The molecule has 2 aromatic heterocycles. The molecule has 5 rings (SSSR count). The zero-order valence-electron chi connectivity index (χ0n) is 25.2. The summed E-state index contributed by atoms with van der Waals surface area (Å²) in [5, 5.41) is 27.9. The van der Waals surface area contributed by atoms with Crippen LogP contribution >= 0.6 is 11.3 Å². The number of halogens is 3. The summed E-state index contributed by atoms with van der Waals surface area (Å²) in [5.74, 6) is -2.58. The number of aliphatic hydroxyl groups is 1. The molecule has 1 fully saturated rings.